The summed E-state index contributed by atoms with van der Waals surface area (Å²) in [7, 11) is 0. The zero-order valence-electron chi connectivity index (χ0n) is 19.9. The molecule has 5 rings (SSSR count). The van der Waals surface area contributed by atoms with E-state index < -0.39 is 0 Å². The van der Waals surface area contributed by atoms with Crippen molar-refractivity contribution in [2.75, 3.05) is 0 Å². The van der Waals surface area contributed by atoms with Crippen molar-refractivity contribution < 1.29 is 9.15 Å². The molecule has 8 heteroatoms. The number of aryl methyl sites for hydroxylation is 1. The van der Waals surface area contributed by atoms with E-state index in [2.05, 4.69) is 34.5 Å². The summed E-state index contributed by atoms with van der Waals surface area (Å²) in [5, 5.41) is 9.77. The second-order valence-electron chi connectivity index (χ2n) is 8.78. The van der Waals surface area contributed by atoms with E-state index in [0.29, 0.717) is 11.6 Å². The first-order chi connectivity index (χ1) is 16.4. The summed E-state index contributed by atoms with van der Waals surface area (Å²) in [4.78, 5) is 9.65. The van der Waals surface area contributed by atoms with Crippen molar-refractivity contribution in [2.24, 2.45) is 0 Å². The van der Waals surface area contributed by atoms with Crippen LogP contribution in [-0.4, -0.2) is 30.7 Å². The van der Waals surface area contributed by atoms with E-state index in [1.165, 1.54) is 0 Å². The van der Waals surface area contributed by atoms with Crippen LogP contribution in [0.1, 0.15) is 50.9 Å². The highest BCUT2D eigenvalue weighted by molar-refractivity contribution is 7.98. The van der Waals surface area contributed by atoms with Crippen molar-refractivity contribution in [3.63, 3.8) is 0 Å². The number of oxazole rings is 1. The zero-order valence-corrected chi connectivity index (χ0v) is 20.8. The molecule has 3 heterocycles. The smallest absolute Gasteiger partial charge is 0.226 e. The Hall–Kier alpha value is -3.39. The Morgan fingerprint density at radius 1 is 0.971 bits per heavy atom. The van der Waals surface area contributed by atoms with Gasteiger partial charge in [0.05, 0.1) is 22.8 Å². The van der Waals surface area contributed by atoms with Crippen molar-refractivity contribution in [2.45, 2.75) is 57.4 Å². The first-order valence-electron chi connectivity index (χ1n) is 11.4. The summed E-state index contributed by atoms with van der Waals surface area (Å²) in [5.74, 6) is 4.03. The van der Waals surface area contributed by atoms with Crippen LogP contribution >= 0.6 is 11.8 Å². The Morgan fingerprint density at radius 3 is 2.47 bits per heavy atom. The Bertz CT molecular complexity index is 1450. The quantitative estimate of drug-likeness (QED) is 0.252. The lowest BCUT2D eigenvalue weighted by atomic mass is 10.2. The molecule has 0 N–H and O–H groups in total. The molecule has 0 aliphatic heterocycles. The molecule has 0 fully saturated rings. The maximum atomic E-state index is 5.98. The van der Waals surface area contributed by atoms with E-state index in [-0.39, 0.29) is 12.0 Å². The molecular formula is C26H27N5O2S. The van der Waals surface area contributed by atoms with Gasteiger partial charge in [0.2, 0.25) is 5.89 Å². The van der Waals surface area contributed by atoms with Crippen molar-refractivity contribution in [1.82, 2.24) is 24.6 Å². The van der Waals surface area contributed by atoms with Crippen LogP contribution in [0.4, 0.5) is 0 Å². The van der Waals surface area contributed by atoms with Crippen LogP contribution in [0, 0.1) is 6.92 Å². The minimum Gasteiger partial charge on any atom is -0.491 e. The molecule has 0 unspecified atom stereocenters. The van der Waals surface area contributed by atoms with Gasteiger partial charge in [-0.05, 0) is 57.2 Å². The number of ether oxygens (including phenoxy) is 1. The van der Waals surface area contributed by atoms with E-state index in [9.17, 15) is 0 Å². The molecule has 0 aliphatic rings. The minimum absolute atomic E-state index is 0.135. The summed E-state index contributed by atoms with van der Waals surface area (Å²) in [6.45, 7) is 10.2. The molecule has 0 saturated heterocycles. The average Bonchev–Trinajstić information content (AvgIpc) is 3.42. The Balaban J connectivity index is 1.43. The predicted octanol–water partition coefficient (Wildman–Crippen LogP) is 6.44. The van der Waals surface area contributed by atoms with Crippen LogP contribution in [0.3, 0.4) is 0 Å². The van der Waals surface area contributed by atoms with Crippen LogP contribution in [0.25, 0.3) is 28.1 Å². The van der Waals surface area contributed by atoms with Crippen molar-refractivity contribution in [3.8, 4) is 17.2 Å². The lowest BCUT2D eigenvalue weighted by molar-refractivity contribution is 0.242. The van der Waals surface area contributed by atoms with Gasteiger partial charge in [-0.3, -0.25) is 4.40 Å². The maximum Gasteiger partial charge on any atom is 0.226 e. The molecule has 5 aromatic rings. The zero-order chi connectivity index (χ0) is 23.8. The topological polar surface area (TPSA) is 78.3 Å². The molecular weight excluding hydrogens is 446 g/mol. The van der Waals surface area contributed by atoms with Crippen LogP contribution in [0.15, 0.2) is 58.0 Å². The van der Waals surface area contributed by atoms with Gasteiger partial charge in [0.25, 0.3) is 0 Å². The van der Waals surface area contributed by atoms with Gasteiger partial charge >= 0.3 is 0 Å². The number of thioether (sulfide) groups is 1. The summed E-state index contributed by atoms with van der Waals surface area (Å²) >= 11 is 1.60. The summed E-state index contributed by atoms with van der Waals surface area (Å²) < 4.78 is 13.8. The van der Waals surface area contributed by atoms with E-state index in [0.717, 1.165) is 50.3 Å². The average molecular weight is 474 g/mol. The molecule has 0 amide bonds. The third kappa shape index (κ3) is 4.25. The second kappa shape index (κ2) is 9.10. The monoisotopic (exact) mass is 473 g/mol. The highest BCUT2D eigenvalue weighted by Crippen LogP contribution is 2.32. The van der Waals surface area contributed by atoms with Gasteiger partial charge < -0.3 is 9.15 Å². The second-order valence-corrected chi connectivity index (χ2v) is 9.74. The molecule has 0 radical (unpaired) electrons. The fraction of sp³-hybridized carbons (Fsp3) is 0.308. The summed E-state index contributed by atoms with van der Waals surface area (Å²) in [6, 6.07) is 15.9. The van der Waals surface area contributed by atoms with Gasteiger partial charge in [0.1, 0.15) is 22.4 Å². The Morgan fingerprint density at radius 2 is 1.74 bits per heavy atom. The number of rotatable bonds is 7. The number of fused-ring (bicyclic) bond motifs is 3. The van der Waals surface area contributed by atoms with Gasteiger partial charge in [0, 0.05) is 17.2 Å². The first kappa shape index (κ1) is 22.4. The van der Waals surface area contributed by atoms with Gasteiger partial charge in [0.15, 0.2) is 5.65 Å². The van der Waals surface area contributed by atoms with Crippen LogP contribution in [0.2, 0.25) is 0 Å². The molecule has 7 nitrogen and oxygen atoms in total. The number of para-hydroxylation sites is 2. The molecule has 2 aromatic carbocycles. The molecule has 34 heavy (non-hydrogen) atoms. The lowest BCUT2D eigenvalue weighted by Crippen LogP contribution is -2.05. The third-order valence-corrected chi connectivity index (χ3v) is 6.42. The molecule has 0 aliphatic carbocycles. The van der Waals surface area contributed by atoms with E-state index in [4.69, 9.17) is 19.1 Å². The first-order valence-corrected chi connectivity index (χ1v) is 12.4. The molecule has 0 spiro atoms. The van der Waals surface area contributed by atoms with Crippen molar-refractivity contribution in [3.05, 3.63) is 65.8 Å². The van der Waals surface area contributed by atoms with Crippen LogP contribution < -0.4 is 4.74 Å². The van der Waals surface area contributed by atoms with Gasteiger partial charge in [-0.1, -0.05) is 37.7 Å². The largest absolute Gasteiger partial charge is 0.491 e. The number of aromatic nitrogens is 5. The van der Waals surface area contributed by atoms with Gasteiger partial charge in [-0.25, -0.2) is 9.97 Å². The normalized spacial score (nSPS) is 11.9. The third-order valence-electron chi connectivity index (χ3n) is 5.45. The van der Waals surface area contributed by atoms with Gasteiger partial charge in [-0.15, -0.1) is 10.2 Å². The number of hydrogen-bond donors (Lipinski definition) is 0. The molecule has 0 atom stereocenters. The molecule has 0 bridgehead atoms. The van der Waals surface area contributed by atoms with E-state index in [1.807, 2.05) is 63.2 Å². The molecule has 174 valence electrons. The van der Waals surface area contributed by atoms with E-state index in [1.54, 1.807) is 11.8 Å². The fourth-order valence-electron chi connectivity index (χ4n) is 3.82. The number of nitrogens with zero attached hydrogens (tertiary/aromatic N) is 5. The van der Waals surface area contributed by atoms with Crippen molar-refractivity contribution in [1.29, 1.82) is 0 Å². The fourth-order valence-corrected chi connectivity index (χ4v) is 4.79. The minimum atomic E-state index is 0.135. The SMILES string of the molecule is Cc1oc(-c2ccc(OC(C)C)cc2)nc1CSc1nc2ccccc2n2c(C(C)C)nnc12. The highest BCUT2D eigenvalue weighted by Gasteiger charge is 2.19. The Kier molecular flexibility index (Phi) is 6.00. The predicted molar refractivity (Wildman–Crippen MR) is 134 cm³/mol. The number of benzene rings is 2. The maximum absolute atomic E-state index is 5.98. The lowest BCUT2D eigenvalue weighted by Gasteiger charge is -2.09. The van der Waals surface area contributed by atoms with Crippen molar-refractivity contribution >= 4 is 28.4 Å². The van der Waals surface area contributed by atoms with Crippen LogP contribution in [-0.2, 0) is 5.75 Å². The summed E-state index contributed by atoms with van der Waals surface area (Å²) in [5.41, 5.74) is 4.51. The van der Waals surface area contributed by atoms with Crippen LogP contribution in [0.5, 0.6) is 5.75 Å². The number of hydrogen-bond acceptors (Lipinski definition) is 7. The molecule has 3 aromatic heterocycles. The molecule has 0 saturated carbocycles. The standard InChI is InChI=1S/C26H27N5O2S/c1-15(2)23-29-30-24-26(28-20-8-6-7-9-22(20)31(23)24)34-14-21-17(5)33-25(27-21)18-10-12-19(13-11-18)32-16(3)4/h6-13,15-16H,14H2,1-5H3. The summed E-state index contributed by atoms with van der Waals surface area (Å²) in [6.07, 6.45) is 0.135. The highest BCUT2D eigenvalue weighted by atomic mass is 32.2. The van der Waals surface area contributed by atoms with E-state index >= 15 is 0 Å². The Labute approximate surface area is 202 Å². The van der Waals surface area contributed by atoms with Gasteiger partial charge in [-0.2, -0.15) is 0 Å².